The molecule has 8 rings (SSSR count). The Kier molecular flexibility index (Phi) is 11.3. The number of furan rings is 1. The third kappa shape index (κ3) is 9.02. The van der Waals surface area contributed by atoms with E-state index in [2.05, 4.69) is 102 Å². The maximum Gasteiger partial charge on any atom is 0.126 e. The van der Waals surface area contributed by atoms with E-state index in [-0.39, 0.29) is 31.8 Å². The fourth-order valence-electron chi connectivity index (χ4n) is 6.42. The number of nitrogens with zero attached hydrogens (tertiary/aromatic N) is 2. The molecule has 8 aromatic rings. The average Bonchev–Trinajstić information content (AvgIpc) is 3.56. The summed E-state index contributed by atoms with van der Waals surface area (Å²) in [5.74, 6) is -0.425. The third-order valence-electron chi connectivity index (χ3n) is 9.13. The molecule has 3 nitrogen and oxygen atoms in total. The molecule has 0 atom stereocenters. The third-order valence-corrected chi connectivity index (χ3v) is 11.2. The van der Waals surface area contributed by atoms with Gasteiger partial charge in [-0.25, -0.2) is 4.39 Å². The first-order valence-corrected chi connectivity index (χ1v) is 21.5. The first-order valence-electron chi connectivity index (χ1n) is 19.0. The fourth-order valence-corrected chi connectivity index (χ4v) is 7.46. The van der Waals surface area contributed by atoms with Crippen LogP contribution in [0.25, 0.3) is 55.6 Å². The summed E-state index contributed by atoms with van der Waals surface area (Å²) < 4.78 is 36.3. The van der Waals surface area contributed by atoms with E-state index in [4.69, 9.17) is 7.16 Å². The molecule has 0 saturated carbocycles. The van der Waals surface area contributed by atoms with Gasteiger partial charge in [-0.3, -0.25) is 0 Å². The molecule has 6 heteroatoms. The van der Waals surface area contributed by atoms with Crippen LogP contribution < -0.4 is 5.19 Å². The van der Waals surface area contributed by atoms with Crippen molar-refractivity contribution in [2.75, 3.05) is 0 Å². The Hall–Kier alpha value is -5.00. The van der Waals surface area contributed by atoms with Crippen LogP contribution in [-0.2, 0) is 32.9 Å². The van der Waals surface area contributed by atoms with Crippen molar-refractivity contribution in [2.45, 2.75) is 46.3 Å². The predicted octanol–water partition coefficient (Wildman–Crippen LogP) is 12.1. The molecule has 5 aromatic carbocycles. The van der Waals surface area contributed by atoms with E-state index in [1.54, 1.807) is 18.3 Å². The summed E-state index contributed by atoms with van der Waals surface area (Å²) in [5.41, 5.74) is 9.92. The van der Waals surface area contributed by atoms with Gasteiger partial charge in [0.1, 0.15) is 11.4 Å². The molecular weight excluding hydrogens is 860 g/mol. The molecule has 3 heterocycles. The number of fused-ring (bicyclic) bond motifs is 3. The predicted molar refractivity (Wildman–Crippen MR) is 220 cm³/mol. The van der Waals surface area contributed by atoms with Crippen molar-refractivity contribution in [3.05, 3.63) is 174 Å². The van der Waals surface area contributed by atoms with Crippen LogP contribution >= 0.6 is 0 Å². The maximum absolute atomic E-state index is 13.5. The minimum Gasteiger partial charge on any atom is -0.500 e. The van der Waals surface area contributed by atoms with Gasteiger partial charge in [-0.1, -0.05) is 140 Å². The Morgan fingerprint density at radius 2 is 1.54 bits per heavy atom. The number of halogens is 1. The Bertz CT molecular complexity index is 2570. The first kappa shape index (κ1) is 36.0. The molecule has 0 aliphatic heterocycles. The van der Waals surface area contributed by atoms with Crippen LogP contribution in [0, 0.1) is 23.9 Å². The molecule has 54 heavy (non-hydrogen) atoms. The molecule has 0 bridgehead atoms. The van der Waals surface area contributed by atoms with Gasteiger partial charge in [0.05, 0.1) is 13.7 Å². The average molecular weight is 905 g/mol. The smallest absolute Gasteiger partial charge is 0.126 e. The van der Waals surface area contributed by atoms with E-state index in [9.17, 15) is 4.39 Å². The van der Waals surface area contributed by atoms with Gasteiger partial charge in [-0.15, -0.1) is 47.5 Å². The normalized spacial score (nSPS) is 12.1. The number of pyridine rings is 2. The van der Waals surface area contributed by atoms with Gasteiger partial charge in [0, 0.05) is 46.7 Å². The van der Waals surface area contributed by atoms with Crippen LogP contribution in [0.3, 0.4) is 0 Å². The number of aromatic nitrogens is 2. The molecule has 0 N–H and O–H groups in total. The zero-order valence-electron chi connectivity index (χ0n) is 33.1. The van der Waals surface area contributed by atoms with Crippen molar-refractivity contribution in [2.24, 2.45) is 5.92 Å². The van der Waals surface area contributed by atoms with Crippen LogP contribution in [0.5, 0.6) is 0 Å². The van der Waals surface area contributed by atoms with Crippen molar-refractivity contribution in [1.29, 1.82) is 0 Å². The van der Waals surface area contributed by atoms with E-state index in [1.807, 2.05) is 62.5 Å². The minimum absolute atomic E-state index is 0. The molecule has 0 aliphatic carbocycles. The molecule has 273 valence electrons. The first-order chi connectivity index (χ1) is 26.4. The summed E-state index contributed by atoms with van der Waals surface area (Å²) in [6, 6.07) is 47.8. The van der Waals surface area contributed by atoms with Gasteiger partial charge < -0.3 is 14.4 Å². The van der Waals surface area contributed by atoms with Crippen LogP contribution in [0.2, 0.25) is 19.6 Å². The maximum atomic E-state index is 13.5. The second-order valence-corrected chi connectivity index (χ2v) is 19.6. The molecule has 0 aliphatic rings. The van der Waals surface area contributed by atoms with Crippen molar-refractivity contribution in [3.63, 3.8) is 0 Å². The Morgan fingerprint density at radius 3 is 2.24 bits per heavy atom. The Morgan fingerprint density at radius 1 is 0.778 bits per heavy atom. The molecule has 1 radical (unpaired) electrons. The molecule has 0 amide bonds. The van der Waals surface area contributed by atoms with Gasteiger partial charge >= 0.3 is 0 Å². The zero-order chi connectivity index (χ0) is 38.7. The number of benzene rings is 5. The summed E-state index contributed by atoms with van der Waals surface area (Å²) in [4.78, 5) is 9.16. The standard InChI is InChI=1S/C28H26N.C20H17FNOSi.Ir/c1-21(2)17-23-15-16-29-28(19-23)25-13-14-27(24-11-7-4-8-12-24)26(20-25)18-22-9-5-3-6-10-22;1-24(2,3)14-8-10-18(22-12-14)17-6-4-5-16-15-9-7-13(21)11-19(15)23-20(16)17;/h3-12,14-16,19-21H,17-18H2,1-2H3;4-5,7-12H,1-3H3;/q2*-1;/i17D2;;. The van der Waals surface area contributed by atoms with Crippen LogP contribution in [0.15, 0.2) is 144 Å². The largest absolute Gasteiger partial charge is 0.500 e. The number of rotatable bonds is 8. The summed E-state index contributed by atoms with van der Waals surface area (Å²) in [6.07, 6.45) is 3.05. The summed E-state index contributed by atoms with van der Waals surface area (Å²) >= 11 is 0. The van der Waals surface area contributed by atoms with Gasteiger partial charge in [0.2, 0.25) is 0 Å². The van der Waals surface area contributed by atoms with Gasteiger partial charge in [0.25, 0.3) is 0 Å². The molecule has 3 aromatic heterocycles. The summed E-state index contributed by atoms with van der Waals surface area (Å²) in [5, 5.41) is 3.17. The quantitative estimate of drug-likeness (QED) is 0.113. The van der Waals surface area contributed by atoms with Crippen molar-refractivity contribution in [1.82, 2.24) is 9.97 Å². The van der Waals surface area contributed by atoms with Gasteiger partial charge in [-0.2, -0.15) is 0 Å². The Labute approximate surface area is 335 Å². The van der Waals surface area contributed by atoms with Crippen molar-refractivity contribution in [3.8, 4) is 33.6 Å². The van der Waals surface area contributed by atoms with E-state index in [0.717, 1.165) is 50.8 Å². The fraction of sp³-hybridized carbons (Fsp3) is 0.167. The van der Waals surface area contributed by atoms with E-state index >= 15 is 0 Å². The summed E-state index contributed by atoms with van der Waals surface area (Å²) in [7, 11) is -1.38. The van der Waals surface area contributed by atoms with Crippen molar-refractivity contribution >= 4 is 35.2 Å². The topological polar surface area (TPSA) is 38.9 Å². The Balaban J connectivity index is 0.000000192. The summed E-state index contributed by atoms with van der Waals surface area (Å²) in [6.45, 7) is 10.7. The molecule has 0 saturated heterocycles. The van der Waals surface area contributed by atoms with Gasteiger partial charge in [-0.05, 0) is 59.0 Å². The van der Waals surface area contributed by atoms with Crippen LogP contribution in [-0.4, -0.2) is 18.0 Å². The second-order valence-electron chi connectivity index (χ2n) is 14.6. The number of hydrogen-bond donors (Lipinski definition) is 0. The zero-order valence-corrected chi connectivity index (χ0v) is 34.5. The van der Waals surface area contributed by atoms with Crippen LogP contribution in [0.1, 0.15) is 33.3 Å². The molecule has 0 fully saturated rings. The molecule has 0 spiro atoms. The number of hydrogen-bond acceptors (Lipinski definition) is 3. The van der Waals surface area contributed by atoms with Crippen LogP contribution in [0.4, 0.5) is 4.39 Å². The molecular formula is C48H43FIrN2OSi-2. The van der Waals surface area contributed by atoms with Gasteiger partial charge in [0.15, 0.2) is 0 Å². The monoisotopic (exact) mass is 905 g/mol. The van der Waals surface area contributed by atoms with Crippen molar-refractivity contribution < 1.29 is 31.7 Å². The minimum atomic E-state index is -1.41. The van der Waals surface area contributed by atoms with E-state index in [1.165, 1.54) is 28.4 Å². The van der Waals surface area contributed by atoms with E-state index < -0.39 is 14.4 Å². The SMILES string of the molecule is C[Si](C)(C)c1ccc(-c2[c-]ccc3c2oc2cc(F)ccc23)nc1.[2H]C([2H])(c1ccnc(-c2[c-]cc(-c3ccccc3)c(Cc3ccccc3)c2)c1)C(C)C.[Ir]. The second kappa shape index (κ2) is 17.0. The van der Waals surface area contributed by atoms with E-state index in [0.29, 0.717) is 16.7 Å². The molecule has 0 unspecified atom stereocenters.